The number of ether oxygens (including phenoxy) is 1. The topological polar surface area (TPSA) is 54.1 Å². The summed E-state index contributed by atoms with van der Waals surface area (Å²) >= 11 is 0. The number of pyridine rings is 1. The van der Waals surface area contributed by atoms with Crippen LogP contribution in [0.2, 0.25) is 0 Å². The molecule has 1 unspecified atom stereocenters. The van der Waals surface area contributed by atoms with Gasteiger partial charge >= 0.3 is 0 Å². The smallest absolute Gasteiger partial charge is 0.252 e. The third-order valence-corrected chi connectivity index (χ3v) is 3.27. The fourth-order valence-electron chi connectivity index (χ4n) is 2.10. The number of nitrogens with one attached hydrogen (secondary N) is 2. The number of aromatic nitrogens is 1. The minimum Gasteiger partial charge on any atom is -0.383 e. The Morgan fingerprint density at radius 1 is 1.37 bits per heavy atom. The van der Waals surface area contributed by atoms with E-state index in [4.69, 9.17) is 4.74 Å². The zero-order valence-corrected chi connectivity index (χ0v) is 11.4. The molecule has 4 nitrogen and oxygen atoms in total. The lowest BCUT2D eigenvalue weighted by molar-refractivity contribution is 0.164. The normalized spacial score (nSPS) is 12.7. The molecule has 2 N–H and O–H groups in total. The van der Waals surface area contributed by atoms with Gasteiger partial charge in [0.2, 0.25) is 0 Å². The minimum absolute atomic E-state index is 0.0292. The van der Waals surface area contributed by atoms with Crippen molar-refractivity contribution in [3.8, 4) is 0 Å². The van der Waals surface area contributed by atoms with Gasteiger partial charge in [-0.3, -0.25) is 4.79 Å². The predicted octanol–water partition coefficient (Wildman–Crippen LogP) is 2.04. The first-order valence-electron chi connectivity index (χ1n) is 6.58. The van der Waals surface area contributed by atoms with E-state index in [9.17, 15) is 4.79 Å². The lowest BCUT2D eigenvalue weighted by Crippen LogP contribution is -2.33. The van der Waals surface area contributed by atoms with Crippen molar-refractivity contribution in [1.29, 1.82) is 0 Å². The molecule has 1 aromatic carbocycles. The summed E-state index contributed by atoms with van der Waals surface area (Å²) in [7, 11) is 1.69. The first-order valence-corrected chi connectivity index (χ1v) is 6.58. The number of methoxy groups -OCH3 is 1. The fraction of sp³-hybridized carbons (Fsp3) is 0.400. The molecule has 0 spiro atoms. The first-order chi connectivity index (χ1) is 9.24. The number of hydrogen-bond donors (Lipinski definition) is 2. The Kier molecular flexibility index (Phi) is 4.71. The summed E-state index contributed by atoms with van der Waals surface area (Å²) in [4.78, 5) is 14.9. The quantitative estimate of drug-likeness (QED) is 0.835. The Morgan fingerprint density at radius 2 is 2.16 bits per heavy atom. The Hall–Kier alpha value is -1.65. The zero-order valence-electron chi connectivity index (χ0n) is 11.4. The Morgan fingerprint density at radius 3 is 2.89 bits per heavy atom. The molecule has 1 heterocycles. The molecule has 0 aliphatic carbocycles. The summed E-state index contributed by atoms with van der Waals surface area (Å²) < 4.78 is 5.14. The molecule has 1 atom stereocenters. The van der Waals surface area contributed by atoms with Crippen LogP contribution >= 0.6 is 0 Å². The second-order valence-corrected chi connectivity index (χ2v) is 4.65. The molecule has 4 heteroatoms. The van der Waals surface area contributed by atoms with E-state index in [-0.39, 0.29) is 11.6 Å². The monoisotopic (exact) mass is 260 g/mol. The first kappa shape index (κ1) is 13.8. The van der Waals surface area contributed by atoms with Crippen molar-refractivity contribution in [3.63, 3.8) is 0 Å². The molecule has 1 aromatic heterocycles. The van der Waals surface area contributed by atoms with Crippen LogP contribution in [0.15, 0.2) is 35.1 Å². The van der Waals surface area contributed by atoms with Gasteiger partial charge in [0.05, 0.1) is 6.61 Å². The van der Waals surface area contributed by atoms with Crippen molar-refractivity contribution in [3.05, 3.63) is 46.2 Å². The van der Waals surface area contributed by atoms with E-state index >= 15 is 0 Å². The van der Waals surface area contributed by atoms with Crippen LogP contribution in [0.1, 0.15) is 18.9 Å². The number of para-hydroxylation sites is 1. The van der Waals surface area contributed by atoms with Gasteiger partial charge in [-0.25, -0.2) is 0 Å². The summed E-state index contributed by atoms with van der Waals surface area (Å²) in [6.45, 7) is 3.31. The fourth-order valence-corrected chi connectivity index (χ4v) is 2.10. The molecule has 2 aromatic rings. The maximum atomic E-state index is 12.0. The van der Waals surface area contributed by atoms with Gasteiger partial charge in [-0.1, -0.05) is 25.1 Å². The van der Waals surface area contributed by atoms with Gasteiger partial charge in [-0.05, 0) is 23.9 Å². The van der Waals surface area contributed by atoms with Gasteiger partial charge in [0, 0.05) is 30.8 Å². The summed E-state index contributed by atoms with van der Waals surface area (Å²) in [5, 5.41) is 4.40. The molecule has 0 aliphatic rings. The highest BCUT2D eigenvalue weighted by molar-refractivity contribution is 5.78. The largest absolute Gasteiger partial charge is 0.383 e. The Bertz CT molecular complexity index is 592. The second kappa shape index (κ2) is 6.50. The average Bonchev–Trinajstić information content (AvgIpc) is 2.43. The van der Waals surface area contributed by atoms with E-state index in [0.717, 1.165) is 22.9 Å². The van der Waals surface area contributed by atoms with Gasteiger partial charge in [0.15, 0.2) is 0 Å². The van der Waals surface area contributed by atoms with Crippen LogP contribution in [0.5, 0.6) is 0 Å². The average molecular weight is 260 g/mol. The third kappa shape index (κ3) is 3.43. The summed E-state index contributed by atoms with van der Waals surface area (Å²) in [5.41, 5.74) is 1.60. The second-order valence-electron chi connectivity index (χ2n) is 4.65. The number of aromatic amines is 1. The van der Waals surface area contributed by atoms with E-state index in [2.05, 4.69) is 17.2 Å². The van der Waals surface area contributed by atoms with Gasteiger partial charge in [0.25, 0.3) is 5.56 Å². The molecule has 2 rings (SSSR count). The van der Waals surface area contributed by atoms with Crippen molar-refractivity contribution in [2.45, 2.75) is 25.9 Å². The van der Waals surface area contributed by atoms with Gasteiger partial charge in [-0.15, -0.1) is 0 Å². The number of rotatable bonds is 6. The van der Waals surface area contributed by atoms with Crippen LogP contribution in [-0.2, 0) is 11.3 Å². The highest BCUT2D eigenvalue weighted by Crippen LogP contribution is 2.10. The molecular formula is C15H20N2O2. The molecular weight excluding hydrogens is 240 g/mol. The maximum Gasteiger partial charge on any atom is 0.252 e. The number of fused-ring (bicyclic) bond motifs is 1. The molecule has 0 aliphatic heterocycles. The van der Waals surface area contributed by atoms with E-state index < -0.39 is 0 Å². The van der Waals surface area contributed by atoms with Crippen molar-refractivity contribution < 1.29 is 4.74 Å². The Balaban J connectivity index is 2.16. The molecule has 0 saturated heterocycles. The van der Waals surface area contributed by atoms with Crippen molar-refractivity contribution in [2.24, 2.45) is 0 Å². The molecule has 0 bridgehead atoms. The van der Waals surface area contributed by atoms with Crippen LogP contribution in [0.3, 0.4) is 0 Å². The molecule has 0 amide bonds. The summed E-state index contributed by atoms with van der Waals surface area (Å²) in [5.74, 6) is 0. The van der Waals surface area contributed by atoms with Gasteiger partial charge in [-0.2, -0.15) is 0 Å². The standard InChI is InChI=1S/C15H20N2O2/c1-3-13(10-19-2)16-9-12-8-11-6-4-5-7-14(11)17-15(12)18/h4-8,13,16H,3,9-10H2,1-2H3,(H,17,18). The minimum atomic E-state index is -0.0292. The van der Waals surface area contributed by atoms with E-state index in [1.165, 1.54) is 0 Å². The summed E-state index contributed by atoms with van der Waals surface area (Å²) in [6.07, 6.45) is 0.972. The van der Waals surface area contributed by atoms with Crippen molar-refractivity contribution in [1.82, 2.24) is 10.3 Å². The zero-order chi connectivity index (χ0) is 13.7. The van der Waals surface area contributed by atoms with Crippen molar-refractivity contribution >= 4 is 10.9 Å². The van der Waals surface area contributed by atoms with E-state index in [1.807, 2.05) is 30.3 Å². The predicted molar refractivity (Wildman–Crippen MR) is 77.4 cm³/mol. The Labute approximate surface area is 112 Å². The third-order valence-electron chi connectivity index (χ3n) is 3.27. The van der Waals surface area contributed by atoms with E-state index in [0.29, 0.717) is 13.2 Å². The van der Waals surface area contributed by atoms with Crippen LogP contribution < -0.4 is 10.9 Å². The lowest BCUT2D eigenvalue weighted by atomic mass is 10.1. The molecule has 0 radical (unpaired) electrons. The van der Waals surface area contributed by atoms with Crippen LogP contribution in [0, 0.1) is 0 Å². The van der Waals surface area contributed by atoms with E-state index in [1.54, 1.807) is 7.11 Å². The van der Waals surface area contributed by atoms with Crippen LogP contribution in [-0.4, -0.2) is 24.7 Å². The highest BCUT2D eigenvalue weighted by atomic mass is 16.5. The SMILES string of the molecule is CCC(COC)NCc1cc2ccccc2[nH]c1=O. The summed E-state index contributed by atoms with van der Waals surface area (Å²) in [6, 6.07) is 10.0. The number of benzene rings is 1. The molecule has 19 heavy (non-hydrogen) atoms. The maximum absolute atomic E-state index is 12.0. The lowest BCUT2D eigenvalue weighted by Gasteiger charge is -2.15. The highest BCUT2D eigenvalue weighted by Gasteiger charge is 2.07. The van der Waals surface area contributed by atoms with Crippen LogP contribution in [0.4, 0.5) is 0 Å². The molecule has 0 fully saturated rings. The number of hydrogen-bond acceptors (Lipinski definition) is 3. The molecule has 102 valence electrons. The van der Waals surface area contributed by atoms with Crippen molar-refractivity contribution in [2.75, 3.05) is 13.7 Å². The van der Waals surface area contributed by atoms with Gasteiger partial charge < -0.3 is 15.0 Å². The molecule has 0 saturated carbocycles. The van der Waals surface area contributed by atoms with Crippen LogP contribution in [0.25, 0.3) is 10.9 Å². The number of H-pyrrole nitrogens is 1. The van der Waals surface area contributed by atoms with Gasteiger partial charge in [0.1, 0.15) is 0 Å².